The Bertz CT molecular complexity index is 726. The van der Waals surface area contributed by atoms with Crippen LogP contribution in [0.3, 0.4) is 0 Å². The van der Waals surface area contributed by atoms with E-state index in [1.165, 1.54) is 21.7 Å². The molecule has 0 amide bonds. The van der Waals surface area contributed by atoms with Gasteiger partial charge < -0.3 is 5.32 Å². The number of hydrogen-bond donors (Lipinski definition) is 2. The van der Waals surface area contributed by atoms with E-state index in [4.69, 9.17) is 0 Å². The lowest BCUT2D eigenvalue weighted by Gasteiger charge is -2.37. The fourth-order valence-electron chi connectivity index (χ4n) is 3.86. The smallest absolute Gasteiger partial charge is 0.0553 e. The maximum Gasteiger partial charge on any atom is 0.0553 e. The molecular formula is C21H24N2S. The Balaban J connectivity index is 1.63. The van der Waals surface area contributed by atoms with Crippen LogP contribution in [0, 0.1) is 5.92 Å². The monoisotopic (exact) mass is 336 g/mol. The van der Waals surface area contributed by atoms with E-state index in [1.807, 2.05) is 0 Å². The number of hydrogen-bond acceptors (Lipinski definition) is 3. The van der Waals surface area contributed by atoms with E-state index >= 15 is 0 Å². The molecule has 1 aliphatic heterocycles. The van der Waals surface area contributed by atoms with Crippen LogP contribution in [0.1, 0.15) is 42.9 Å². The highest BCUT2D eigenvalue weighted by molar-refractivity contribution is 7.97. The van der Waals surface area contributed by atoms with Crippen molar-refractivity contribution in [3.05, 3.63) is 71.8 Å². The van der Waals surface area contributed by atoms with E-state index in [2.05, 4.69) is 77.6 Å². The number of allylic oxidation sites excluding steroid dienone is 2. The number of benzene rings is 2. The van der Waals surface area contributed by atoms with Gasteiger partial charge in [-0.15, -0.1) is 0 Å². The van der Waals surface area contributed by atoms with Crippen molar-refractivity contribution in [2.75, 3.05) is 11.9 Å². The molecule has 124 valence electrons. The molecule has 3 unspecified atom stereocenters. The number of anilines is 1. The first-order valence-electron chi connectivity index (χ1n) is 8.88. The molecule has 0 saturated carbocycles. The van der Waals surface area contributed by atoms with E-state index in [9.17, 15) is 0 Å². The van der Waals surface area contributed by atoms with Gasteiger partial charge in [0.2, 0.25) is 0 Å². The quantitative estimate of drug-likeness (QED) is 0.427. The van der Waals surface area contributed by atoms with Gasteiger partial charge in [-0.3, -0.25) is 4.72 Å². The molecule has 2 aromatic rings. The normalized spacial score (nSPS) is 24.3. The topological polar surface area (TPSA) is 24.1 Å². The third-order valence-corrected chi connectivity index (χ3v) is 5.87. The van der Waals surface area contributed by atoms with Crippen molar-refractivity contribution >= 4 is 17.6 Å². The van der Waals surface area contributed by atoms with Gasteiger partial charge in [-0.05, 0) is 60.0 Å². The van der Waals surface area contributed by atoms with Crippen molar-refractivity contribution < 1.29 is 0 Å². The summed E-state index contributed by atoms with van der Waals surface area (Å²) < 4.78 is 3.43. The van der Waals surface area contributed by atoms with Gasteiger partial charge in [0, 0.05) is 23.0 Å². The second-order valence-electron chi connectivity index (χ2n) is 6.63. The second kappa shape index (κ2) is 7.04. The molecule has 2 aliphatic rings. The highest BCUT2D eigenvalue weighted by Gasteiger charge is 2.37. The molecule has 3 atom stereocenters. The minimum Gasteiger partial charge on any atom is -0.378 e. The van der Waals surface area contributed by atoms with Crippen LogP contribution in [0.5, 0.6) is 0 Å². The lowest BCUT2D eigenvalue weighted by molar-refractivity contribution is 0.425. The minimum absolute atomic E-state index is 0.399. The Morgan fingerprint density at radius 3 is 2.88 bits per heavy atom. The van der Waals surface area contributed by atoms with Gasteiger partial charge in [0.15, 0.2) is 0 Å². The maximum absolute atomic E-state index is 3.81. The Morgan fingerprint density at radius 2 is 2.04 bits per heavy atom. The molecule has 1 heterocycles. The van der Waals surface area contributed by atoms with Gasteiger partial charge >= 0.3 is 0 Å². The Hall–Kier alpha value is -1.71. The molecule has 0 radical (unpaired) electrons. The van der Waals surface area contributed by atoms with Crippen molar-refractivity contribution in [1.82, 2.24) is 4.72 Å². The molecule has 24 heavy (non-hydrogen) atoms. The molecule has 1 aliphatic carbocycles. The molecule has 4 rings (SSSR count). The van der Waals surface area contributed by atoms with Gasteiger partial charge in [-0.25, -0.2) is 0 Å². The SMILES string of the molecule is CCCNSc1ccc2c(c1)C1C=CCC1C(c1ccccc1)N2. The summed E-state index contributed by atoms with van der Waals surface area (Å²) >= 11 is 1.75. The van der Waals surface area contributed by atoms with Gasteiger partial charge in [-0.1, -0.05) is 49.4 Å². The third kappa shape index (κ3) is 2.99. The average Bonchev–Trinajstić information content (AvgIpc) is 3.12. The molecule has 2 N–H and O–H groups in total. The fraction of sp³-hybridized carbons (Fsp3) is 0.333. The number of nitrogens with one attached hydrogen (secondary N) is 2. The predicted molar refractivity (Wildman–Crippen MR) is 103 cm³/mol. The highest BCUT2D eigenvalue weighted by atomic mass is 32.2. The first kappa shape index (κ1) is 15.8. The Labute approximate surface area is 148 Å². The molecule has 2 nitrogen and oxygen atoms in total. The standard InChI is InChI=1S/C21H24N2S/c1-2-13-22-24-16-11-12-20-19(14-16)17-9-6-10-18(17)21(23-20)15-7-4-3-5-8-15/h3-9,11-12,14,17-18,21-23H,2,10,13H2,1H3. The molecule has 0 aromatic heterocycles. The summed E-state index contributed by atoms with van der Waals surface area (Å²) in [6.45, 7) is 3.24. The number of rotatable bonds is 5. The highest BCUT2D eigenvalue weighted by Crippen LogP contribution is 2.50. The fourth-order valence-corrected chi connectivity index (χ4v) is 4.66. The van der Waals surface area contributed by atoms with Gasteiger partial charge in [-0.2, -0.15) is 0 Å². The molecule has 0 spiro atoms. The van der Waals surface area contributed by atoms with Crippen molar-refractivity contribution in [1.29, 1.82) is 0 Å². The lowest BCUT2D eigenvalue weighted by atomic mass is 9.77. The lowest BCUT2D eigenvalue weighted by Crippen LogP contribution is -2.29. The molecule has 0 fully saturated rings. The molecule has 3 heteroatoms. The summed E-state index contributed by atoms with van der Waals surface area (Å²) in [5.41, 5.74) is 4.13. The minimum atomic E-state index is 0.399. The first-order chi connectivity index (χ1) is 11.9. The van der Waals surface area contributed by atoms with E-state index in [-0.39, 0.29) is 0 Å². The summed E-state index contributed by atoms with van der Waals surface area (Å²) in [6.07, 6.45) is 7.08. The maximum atomic E-state index is 3.81. The van der Waals surface area contributed by atoms with Crippen LogP contribution in [0.25, 0.3) is 0 Å². The van der Waals surface area contributed by atoms with Gasteiger partial charge in [0.05, 0.1) is 6.04 Å². The zero-order chi connectivity index (χ0) is 16.4. The van der Waals surface area contributed by atoms with E-state index in [1.54, 1.807) is 11.9 Å². The zero-order valence-electron chi connectivity index (χ0n) is 14.0. The molecule has 2 aromatic carbocycles. The van der Waals surface area contributed by atoms with Crippen LogP contribution >= 0.6 is 11.9 Å². The van der Waals surface area contributed by atoms with Crippen LogP contribution in [0.4, 0.5) is 5.69 Å². The first-order valence-corrected chi connectivity index (χ1v) is 9.70. The number of fused-ring (bicyclic) bond motifs is 3. The van der Waals surface area contributed by atoms with Gasteiger partial charge in [0.25, 0.3) is 0 Å². The van der Waals surface area contributed by atoms with Crippen molar-refractivity contribution in [3.63, 3.8) is 0 Å². The van der Waals surface area contributed by atoms with E-state index in [0.717, 1.165) is 19.4 Å². The Morgan fingerprint density at radius 1 is 1.17 bits per heavy atom. The summed E-state index contributed by atoms with van der Waals surface area (Å²) in [7, 11) is 0. The van der Waals surface area contributed by atoms with Crippen molar-refractivity contribution in [2.45, 2.75) is 36.6 Å². The second-order valence-corrected chi connectivity index (χ2v) is 7.60. The van der Waals surface area contributed by atoms with E-state index in [0.29, 0.717) is 17.9 Å². The summed E-state index contributed by atoms with van der Waals surface area (Å²) in [5, 5.41) is 3.81. The van der Waals surface area contributed by atoms with Crippen LogP contribution in [0.2, 0.25) is 0 Å². The summed E-state index contributed by atoms with van der Waals surface area (Å²) in [5.74, 6) is 1.14. The zero-order valence-corrected chi connectivity index (χ0v) is 14.9. The van der Waals surface area contributed by atoms with Crippen LogP contribution in [-0.2, 0) is 0 Å². The summed E-state index contributed by atoms with van der Waals surface area (Å²) in [6, 6.07) is 18.1. The third-order valence-electron chi connectivity index (χ3n) is 5.04. The van der Waals surface area contributed by atoms with Crippen LogP contribution in [-0.4, -0.2) is 6.54 Å². The van der Waals surface area contributed by atoms with Crippen LogP contribution in [0.15, 0.2) is 65.6 Å². The molecule has 0 saturated heterocycles. The van der Waals surface area contributed by atoms with Crippen LogP contribution < -0.4 is 10.0 Å². The largest absolute Gasteiger partial charge is 0.378 e. The van der Waals surface area contributed by atoms with E-state index < -0.39 is 0 Å². The predicted octanol–water partition coefficient (Wildman–Crippen LogP) is 5.52. The average molecular weight is 337 g/mol. The van der Waals surface area contributed by atoms with Gasteiger partial charge in [0.1, 0.15) is 0 Å². The summed E-state index contributed by atoms with van der Waals surface area (Å²) in [4.78, 5) is 1.31. The van der Waals surface area contributed by atoms with Crippen molar-refractivity contribution in [2.24, 2.45) is 5.92 Å². The Kier molecular flexibility index (Phi) is 4.63. The van der Waals surface area contributed by atoms with Crippen molar-refractivity contribution in [3.8, 4) is 0 Å². The molecule has 0 bridgehead atoms. The molecular weight excluding hydrogens is 312 g/mol.